The van der Waals surface area contributed by atoms with Gasteiger partial charge in [0.25, 0.3) is 0 Å². The predicted molar refractivity (Wildman–Crippen MR) is 139 cm³/mol. The maximum Gasteiger partial charge on any atom is 0.243 e. The first-order valence-electron chi connectivity index (χ1n) is 12.5. The largest absolute Gasteiger partial charge is 0.354 e. The van der Waals surface area contributed by atoms with Gasteiger partial charge in [0.15, 0.2) is 0 Å². The van der Waals surface area contributed by atoms with Crippen LogP contribution >= 0.6 is 0 Å². The molecule has 3 aliphatic rings. The van der Waals surface area contributed by atoms with E-state index in [2.05, 4.69) is 51.0 Å². The van der Waals surface area contributed by atoms with E-state index in [1.807, 2.05) is 19.1 Å². The molecule has 9 heteroatoms. The molecule has 1 aliphatic carbocycles. The summed E-state index contributed by atoms with van der Waals surface area (Å²) in [6.07, 6.45) is 1.70. The fourth-order valence-electron chi connectivity index (χ4n) is 5.67. The first-order valence-corrected chi connectivity index (χ1v) is 13.9. The van der Waals surface area contributed by atoms with Crippen LogP contribution in [0.1, 0.15) is 17.0 Å². The third-order valence-electron chi connectivity index (χ3n) is 7.66. The molecule has 3 aromatic rings. The summed E-state index contributed by atoms with van der Waals surface area (Å²) in [5, 5.41) is 2.27. The van der Waals surface area contributed by atoms with Crippen molar-refractivity contribution in [3.8, 4) is 0 Å². The fraction of sp³-hybridized carbons (Fsp3) is 0.462. The van der Waals surface area contributed by atoms with Crippen molar-refractivity contribution in [3.05, 3.63) is 53.3 Å². The normalized spacial score (nSPS) is 19.6. The second kappa shape index (κ2) is 8.72. The Balaban J connectivity index is 1.21. The number of aromatic nitrogens is 2. The summed E-state index contributed by atoms with van der Waals surface area (Å²) in [6.45, 7) is 8.02. The highest BCUT2D eigenvalue weighted by atomic mass is 32.2. The van der Waals surface area contributed by atoms with Crippen molar-refractivity contribution in [2.45, 2.75) is 24.7 Å². The van der Waals surface area contributed by atoms with Crippen LogP contribution in [0.3, 0.4) is 0 Å². The van der Waals surface area contributed by atoms with Gasteiger partial charge < -0.3 is 14.7 Å². The summed E-state index contributed by atoms with van der Waals surface area (Å²) >= 11 is 0. The van der Waals surface area contributed by atoms with Gasteiger partial charge in [0.2, 0.25) is 10.0 Å². The van der Waals surface area contributed by atoms with Gasteiger partial charge >= 0.3 is 0 Å². The first kappa shape index (κ1) is 22.7. The van der Waals surface area contributed by atoms with Crippen molar-refractivity contribution >= 4 is 32.4 Å². The number of sulfonamides is 1. The van der Waals surface area contributed by atoms with E-state index < -0.39 is 10.0 Å². The molecule has 6 rings (SSSR count). The molecule has 2 aliphatic heterocycles. The highest BCUT2D eigenvalue weighted by Gasteiger charge is 2.33. The van der Waals surface area contributed by atoms with Crippen LogP contribution in [0.2, 0.25) is 0 Å². The summed E-state index contributed by atoms with van der Waals surface area (Å²) in [5.74, 6) is 2.60. The minimum atomic E-state index is -3.55. The molecule has 2 saturated heterocycles. The average Bonchev–Trinajstić information content (AvgIpc) is 3.30. The lowest BCUT2D eigenvalue weighted by atomic mass is 10.1. The number of benzene rings is 2. The van der Waals surface area contributed by atoms with Crippen molar-refractivity contribution in [2.75, 3.05) is 69.2 Å². The summed E-state index contributed by atoms with van der Waals surface area (Å²) in [6, 6.07) is 12.1. The molecular formula is C26H32N6O2S. The second-order valence-corrected chi connectivity index (χ2v) is 11.8. The highest BCUT2D eigenvalue weighted by Crippen LogP contribution is 2.36. The SMILES string of the molecule is Cc1nc(N2CCN(C)CC2)cc(N2CCN(S(=O)(=O)c3ccc4cccc5c4c3CC5)CC2)n1. The van der Waals surface area contributed by atoms with Gasteiger partial charge in [-0.2, -0.15) is 4.31 Å². The lowest BCUT2D eigenvalue weighted by Crippen LogP contribution is -2.49. The topological polar surface area (TPSA) is 72.9 Å². The summed E-state index contributed by atoms with van der Waals surface area (Å²) in [4.78, 5) is 16.7. The quantitative estimate of drug-likeness (QED) is 0.553. The van der Waals surface area contributed by atoms with E-state index in [-0.39, 0.29) is 0 Å². The zero-order valence-electron chi connectivity index (χ0n) is 20.4. The second-order valence-electron chi connectivity index (χ2n) is 9.87. The van der Waals surface area contributed by atoms with Crippen molar-refractivity contribution in [2.24, 2.45) is 0 Å². The number of nitrogens with zero attached hydrogens (tertiary/aromatic N) is 6. The van der Waals surface area contributed by atoms with Crippen molar-refractivity contribution in [1.82, 2.24) is 19.2 Å². The summed E-state index contributed by atoms with van der Waals surface area (Å²) in [7, 11) is -1.40. The standard InChI is InChI=1S/C26H32N6O2S/c1-19-27-24(30-12-10-29(2)11-13-30)18-25(28-19)31-14-16-32(17-15-31)35(33,34)23-9-7-21-5-3-4-20-6-8-22(23)26(20)21/h3-5,7,9,18H,6,8,10-17H2,1-2H3. The first-order chi connectivity index (χ1) is 16.9. The van der Waals surface area contributed by atoms with E-state index in [0.29, 0.717) is 31.1 Å². The smallest absolute Gasteiger partial charge is 0.243 e. The Bertz CT molecular complexity index is 1380. The lowest BCUT2D eigenvalue weighted by Gasteiger charge is -2.36. The Morgan fingerprint density at radius 3 is 2.14 bits per heavy atom. The van der Waals surface area contributed by atoms with Gasteiger partial charge in [0.05, 0.1) is 4.90 Å². The Hall–Kier alpha value is -2.75. The molecule has 0 amide bonds. The molecule has 0 saturated carbocycles. The van der Waals surface area contributed by atoms with E-state index in [0.717, 1.165) is 72.8 Å². The monoisotopic (exact) mass is 492 g/mol. The Kier molecular flexibility index (Phi) is 5.66. The molecule has 0 radical (unpaired) electrons. The number of piperazine rings is 2. The molecule has 0 atom stereocenters. The fourth-order valence-corrected chi connectivity index (χ4v) is 7.34. The van der Waals surface area contributed by atoms with E-state index in [1.165, 1.54) is 5.56 Å². The molecule has 2 fully saturated rings. The maximum atomic E-state index is 13.7. The third kappa shape index (κ3) is 4.05. The Morgan fingerprint density at radius 2 is 1.46 bits per heavy atom. The van der Waals surface area contributed by atoms with Gasteiger partial charge in [-0.15, -0.1) is 0 Å². The van der Waals surface area contributed by atoms with E-state index in [4.69, 9.17) is 4.98 Å². The minimum absolute atomic E-state index is 0.453. The zero-order chi connectivity index (χ0) is 24.2. The number of hydrogen-bond acceptors (Lipinski definition) is 7. The van der Waals surface area contributed by atoms with Crippen LogP contribution in [0.15, 0.2) is 41.3 Å². The van der Waals surface area contributed by atoms with E-state index in [9.17, 15) is 8.42 Å². The molecule has 3 heterocycles. The molecule has 2 aromatic carbocycles. The van der Waals surface area contributed by atoms with Gasteiger partial charge in [-0.05, 0) is 54.8 Å². The minimum Gasteiger partial charge on any atom is -0.354 e. The van der Waals surface area contributed by atoms with Crippen LogP contribution in [-0.4, -0.2) is 87.0 Å². The van der Waals surface area contributed by atoms with Gasteiger partial charge in [-0.25, -0.2) is 18.4 Å². The lowest BCUT2D eigenvalue weighted by molar-refractivity contribution is 0.312. The Labute approximate surface area is 207 Å². The molecule has 35 heavy (non-hydrogen) atoms. The van der Waals surface area contributed by atoms with Gasteiger partial charge in [0.1, 0.15) is 17.5 Å². The summed E-state index contributed by atoms with van der Waals surface area (Å²) in [5.41, 5.74) is 2.25. The molecule has 1 aromatic heterocycles. The molecule has 8 nitrogen and oxygen atoms in total. The van der Waals surface area contributed by atoms with Crippen molar-refractivity contribution in [1.29, 1.82) is 0 Å². The van der Waals surface area contributed by atoms with Crippen LogP contribution in [0.4, 0.5) is 11.6 Å². The van der Waals surface area contributed by atoms with Gasteiger partial charge in [-0.1, -0.05) is 24.3 Å². The van der Waals surface area contributed by atoms with Crippen molar-refractivity contribution < 1.29 is 8.42 Å². The maximum absolute atomic E-state index is 13.7. The highest BCUT2D eigenvalue weighted by molar-refractivity contribution is 7.89. The summed E-state index contributed by atoms with van der Waals surface area (Å²) < 4.78 is 29.0. The van der Waals surface area contributed by atoms with Crippen LogP contribution in [0.25, 0.3) is 10.8 Å². The van der Waals surface area contributed by atoms with Gasteiger partial charge in [-0.3, -0.25) is 0 Å². The van der Waals surface area contributed by atoms with Crippen molar-refractivity contribution in [3.63, 3.8) is 0 Å². The van der Waals surface area contributed by atoms with Crippen LogP contribution < -0.4 is 9.80 Å². The molecule has 0 spiro atoms. The number of likely N-dealkylation sites (N-methyl/N-ethyl adjacent to an activating group) is 1. The van der Waals surface area contributed by atoms with E-state index >= 15 is 0 Å². The molecule has 0 unspecified atom stereocenters. The number of aryl methyl sites for hydroxylation is 3. The third-order valence-corrected chi connectivity index (χ3v) is 9.64. The number of anilines is 2. The van der Waals surface area contributed by atoms with Crippen LogP contribution in [0, 0.1) is 6.92 Å². The van der Waals surface area contributed by atoms with Crippen LogP contribution in [0.5, 0.6) is 0 Å². The number of rotatable bonds is 4. The average molecular weight is 493 g/mol. The molecular weight excluding hydrogens is 460 g/mol. The Morgan fingerprint density at radius 1 is 0.800 bits per heavy atom. The van der Waals surface area contributed by atoms with Gasteiger partial charge in [0, 0.05) is 58.4 Å². The van der Waals surface area contributed by atoms with Crippen LogP contribution in [-0.2, 0) is 22.9 Å². The molecule has 184 valence electrons. The molecule has 0 bridgehead atoms. The molecule has 0 N–H and O–H groups in total. The zero-order valence-corrected chi connectivity index (χ0v) is 21.3. The van der Waals surface area contributed by atoms with E-state index in [1.54, 1.807) is 4.31 Å². The number of hydrogen-bond donors (Lipinski definition) is 0. The predicted octanol–water partition coefficient (Wildman–Crippen LogP) is 2.30.